The van der Waals surface area contributed by atoms with Crippen LogP contribution in [0.5, 0.6) is 5.88 Å². The number of carbonyl (C=O) groups excluding carboxylic acids is 5. The fourth-order valence-corrected chi connectivity index (χ4v) is 8.04. The highest BCUT2D eigenvalue weighted by Gasteiger charge is 2.45. The molecule has 5 amide bonds. The van der Waals surface area contributed by atoms with Gasteiger partial charge in [0.05, 0.1) is 55.0 Å². The number of hydrogen-bond acceptors (Lipinski definition) is 13. The van der Waals surface area contributed by atoms with Gasteiger partial charge in [0.2, 0.25) is 17.7 Å². The summed E-state index contributed by atoms with van der Waals surface area (Å²) < 4.78 is 57.5. The number of pyridine rings is 2. The molecule has 1 unspecified atom stereocenters. The molecule has 0 aliphatic carbocycles. The maximum absolute atomic E-state index is 13.3. The summed E-state index contributed by atoms with van der Waals surface area (Å²) in [7, 11) is 0. The molecule has 0 bridgehead atoms. The van der Waals surface area contributed by atoms with Crippen LogP contribution in [0.3, 0.4) is 0 Å². The molecule has 63 heavy (non-hydrogen) atoms. The van der Waals surface area contributed by atoms with Crippen LogP contribution in [0.4, 0.5) is 30.2 Å². The number of benzene rings is 2. The minimum atomic E-state index is -4.58. The number of morpholine rings is 1. The SMILES string of the molecule is Cc1ncc(NC(=O)c2cccc(C(F)(F)F)c2)cc1-c1cnc(OCCOCCN2CCN(c3ccc4c(c3)C(=O)N(C3CCC(=O)NC3=O)C4=O)CC2)c(N2CCOCC2)c1.[HH].[HH]. The number of nitrogens with one attached hydrogen (secondary N) is 2. The van der Waals surface area contributed by atoms with E-state index in [9.17, 15) is 37.1 Å². The molecule has 0 saturated carbocycles. The summed E-state index contributed by atoms with van der Waals surface area (Å²) in [5, 5.41) is 4.88. The molecule has 4 aliphatic rings. The summed E-state index contributed by atoms with van der Waals surface area (Å²) in [6.07, 6.45) is -1.32. The smallest absolute Gasteiger partial charge is 0.416 e. The number of alkyl halides is 3. The predicted molar refractivity (Wildman–Crippen MR) is 227 cm³/mol. The highest BCUT2D eigenvalue weighted by Crippen LogP contribution is 2.35. The Kier molecular flexibility index (Phi) is 12.7. The largest absolute Gasteiger partial charge is 0.474 e. The van der Waals surface area contributed by atoms with E-state index in [0.29, 0.717) is 87.5 Å². The molecule has 0 radical (unpaired) electrons. The van der Waals surface area contributed by atoms with E-state index in [0.717, 1.165) is 41.5 Å². The summed E-state index contributed by atoms with van der Waals surface area (Å²) in [4.78, 5) is 80.0. The first-order valence-electron chi connectivity index (χ1n) is 20.7. The van der Waals surface area contributed by atoms with E-state index < -0.39 is 47.3 Å². The number of aryl methyl sites for hydroxylation is 1. The average Bonchev–Trinajstić information content (AvgIpc) is 3.53. The summed E-state index contributed by atoms with van der Waals surface area (Å²) in [5.74, 6) is -2.40. The van der Waals surface area contributed by atoms with Crippen molar-refractivity contribution in [1.82, 2.24) is 25.1 Å². The van der Waals surface area contributed by atoms with Crippen molar-refractivity contribution in [3.63, 3.8) is 0 Å². The third kappa shape index (κ3) is 9.64. The molecule has 2 aromatic heterocycles. The van der Waals surface area contributed by atoms with Crippen molar-refractivity contribution in [2.45, 2.75) is 32.0 Å². The first kappa shape index (κ1) is 43.2. The lowest BCUT2D eigenvalue weighted by atomic mass is 10.0. The Labute approximate surface area is 363 Å². The Hall–Kier alpha value is -6.44. The van der Waals surface area contributed by atoms with Gasteiger partial charge in [0, 0.05) is 89.4 Å². The Morgan fingerprint density at radius 3 is 2.41 bits per heavy atom. The zero-order valence-corrected chi connectivity index (χ0v) is 34.4. The van der Waals surface area contributed by atoms with Crippen molar-refractivity contribution >= 4 is 46.6 Å². The summed E-state index contributed by atoms with van der Waals surface area (Å²) in [5.41, 5.74) is 3.35. The van der Waals surface area contributed by atoms with E-state index in [4.69, 9.17) is 14.2 Å². The van der Waals surface area contributed by atoms with Crippen molar-refractivity contribution in [2.24, 2.45) is 0 Å². The lowest BCUT2D eigenvalue weighted by Gasteiger charge is -2.36. The third-order valence-corrected chi connectivity index (χ3v) is 11.5. The van der Waals surface area contributed by atoms with Crippen LogP contribution >= 0.6 is 0 Å². The van der Waals surface area contributed by atoms with Gasteiger partial charge in [-0.3, -0.25) is 44.1 Å². The number of nitrogens with zero attached hydrogens (tertiary/aromatic N) is 6. The normalized spacial score (nSPS) is 18.4. The second-order valence-electron chi connectivity index (χ2n) is 15.5. The number of piperidine rings is 1. The molecule has 2 N–H and O–H groups in total. The third-order valence-electron chi connectivity index (χ3n) is 11.5. The molecule has 4 aromatic rings. The number of halogens is 3. The fourth-order valence-electron chi connectivity index (χ4n) is 8.04. The predicted octanol–water partition coefficient (Wildman–Crippen LogP) is 4.67. The highest BCUT2D eigenvalue weighted by molar-refractivity contribution is 6.23. The van der Waals surface area contributed by atoms with Gasteiger partial charge >= 0.3 is 6.18 Å². The molecule has 1 atom stereocenters. The maximum atomic E-state index is 13.3. The standard InChI is InChI=1S/C44H45F3N8O8.2H2/c1-27-34(23-31(26-48-27)50-39(57)28-3-2-4-30(21-28)44(45,46)47)29-22-37(54-14-17-61-18-15-54)41(49-25-29)63-20-19-62-16-13-52-9-11-53(12-10-52)32-5-6-33-35(24-32)43(60)55(42(33)59)36-7-8-38(56)51-40(36)58;;/h2-6,21-26,36H,7-20H2,1H3,(H,50,57)(H,51,56,58);2*1H. The zero-order chi connectivity index (χ0) is 44.3. The molecular weight excluding hydrogens is 826 g/mol. The van der Waals surface area contributed by atoms with Gasteiger partial charge in [-0.15, -0.1) is 0 Å². The lowest BCUT2D eigenvalue weighted by Crippen LogP contribution is -2.54. The van der Waals surface area contributed by atoms with E-state index >= 15 is 0 Å². The van der Waals surface area contributed by atoms with Crippen LogP contribution in [0.1, 0.15) is 58.0 Å². The summed E-state index contributed by atoms with van der Waals surface area (Å²) in [6, 6.07) is 12.0. The quantitative estimate of drug-likeness (QED) is 0.140. The van der Waals surface area contributed by atoms with Crippen molar-refractivity contribution in [1.29, 1.82) is 0 Å². The van der Waals surface area contributed by atoms with Crippen LogP contribution in [-0.2, 0) is 25.2 Å². The molecular formula is C44H49F3N8O8. The summed E-state index contributed by atoms with van der Waals surface area (Å²) >= 11 is 0. The topological polar surface area (TPSA) is 176 Å². The minimum Gasteiger partial charge on any atom is -0.474 e. The number of imide groups is 2. The average molecular weight is 875 g/mol. The number of piperazine rings is 1. The monoisotopic (exact) mass is 874 g/mol. The van der Waals surface area contributed by atoms with Gasteiger partial charge in [-0.2, -0.15) is 13.2 Å². The Morgan fingerprint density at radius 2 is 1.65 bits per heavy atom. The van der Waals surface area contributed by atoms with Crippen LogP contribution in [0.25, 0.3) is 11.1 Å². The number of fused-ring (bicyclic) bond motifs is 1. The van der Waals surface area contributed by atoms with Gasteiger partial charge in [-0.1, -0.05) is 6.07 Å². The van der Waals surface area contributed by atoms with Crippen LogP contribution in [-0.4, -0.2) is 134 Å². The molecule has 3 fully saturated rings. The van der Waals surface area contributed by atoms with Gasteiger partial charge < -0.3 is 29.3 Å². The lowest BCUT2D eigenvalue weighted by molar-refractivity contribution is -0.138. The second-order valence-corrected chi connectivity index (χ2v) is 15.5. The van der Waals surface area contributed by atoms with E-state index in [2.05, 4.69) is 35.3 Å². The number of rotatable bonds is 13. The summed E-state index contributed by atoms with van der Waals surface area (Å²) in [6.45, 7) is 8.74. The number of hydrogen-bond donors (Lipinski definition) is 2. The maximum Gasteiger partial charge on any atom is 0.416 e. The van der Waals surface area contributed by atoms with Crippen LogP contribution in [0.2, 0.25) is 0 Å². The number of carbonyl (C=O) groups is 5. The molecule has 8 rings (SSSR count). The van der Waals surface area contributed by atoms with Crippen LogP contribution < -0.4 is 25.2 Å². The number of amides is 5. The van der Waals surface area contributed by atoms with Gasteiger partial charge in [0.1, 0.15) is 18.3 Å². The number of anilines is 3. The van der Waals surface area contributed by atoms with E-state index in [1.807, 2.05) is 19.1 Å². The van der Waals surface area contributed by atoms with Crippen LogP contribution in [0.15, 0.2) is 67.0 Å². The highest BCUT2D eigenvalue weighted by atomic mass is 19.4. The molecule has 2 aromatic carbocycles. The molecule has 334 valence electrons. The van der Waals surface area contributed by atoms with E-state index in [1.54, 1.807) is 24.4 Å². The minimum absolute atomic E-state index is 0. The van der Waals surface area contributed by atoms with Gasteiger partial charge in [-0.25, -0.2) is 4.98 Å². The number of ether oxygens (including phenoxy) is 3. The Morgan fingerprint density at radius 1 is 0.873 bits per heavy atom. The molecule has 4 aliphatic heterocycles. The van der Waals surface area contributed by atoms with Gasteiger partial charge in [-0.05, 0) is 61.9 Å². The van der Waals surface area contributed by atoms with Crippen molar-refractivity contribution in [2.75, 3.05) is 94.0 Å². The van der Waals surface area contributed by atoms with Crippen molar-refractivity contribution in [3.05, 3.63) is 94.9 Å². The van der Waals surface area contributed by atoms with Gasteiger partial charge in [0.15, 0.2) is 0 Å². The Balaban J connectivity index is 0.00000350. The number of aromatic nitrogens is 2. The van der Waals surface area contributed by atoms with E-state index in [1.165, 1.54) is 18.3 Å². The molecule has 19 heteroatoms. The van der Waals surface area contributed by atoms with Crippen LogP contribution in [0, 0.1) is 6.92 Å². The molecule has 16 nitrogen and oxygen atoms in total. The zero-order valence-electron chi connectivity index (χ0n) is 34.4. The first-order valence-corrected chi connectivity index (χ1v) is 20.7. The van der Waals surface area contributed by atoms with Gasteiger partial charge in [0.25, 0.3) is 17.7 Å². The Bertz CT molecular complexity index is 2430. The van der Waals surface area contributed by atoms with Crippen molar-refractivity contribution < 1.29 is 54.2 Å². The second kappa shape index (κ2) is 18.5. The van der Waals surface area contributed by atoms with E-state index in [-0.39, 0.29) is 39.0 Å². The fraction of sp³-hybridized carbons (Fsp3) is 0.386. The molecule has 3 saturated heterocycles. The van der Waals surface area contributed by atoms with Crippen molar-refractivity contribution in [3.8, 4) is 17.0 Å². The first-order chi connectivity index (χ1) is 30.3. The molecule has 0 spiro atoms. The molecule has 6 heterocycles.